The van der Waals surface area contributed by atoms with Crippen molar-refractivity contribution < 1.29 is 9.90 Å². The molecule has 1 fully saturated rings. The summed E-state index contributed by atoms with van der Waals surface area (Å²) >= 11 is 0. The normalized spacial score (nSPS) is 23.6. The van der Waals surface area contributed by atoms with Crippen LogP contribution in [-0.2, 0) is 4.79 Å². The van der Waals surface area contributed by atoms with Crippen LogP contribution >= 0.6 is 0 Å². The lowest BCUT2D eigenvalue weighted by atomic mass is 10.1. The molecule has 20 heavy (non-hydrogen) atoms. The molecule has 1 heterocycles. The average Bonchev–Trinajstić information content (AvgIpc) is 2.37. The Balaban J connectivity index is 2.14. The predicted molar refractivity (Wildman–Crippen MR) is 81.5 cm³/mol. The van der Waals surface area contributed by atoms with Crippen molar-refractivity contribution in [1.82, 2.24) is 4.90 Å². The summed E-state index contributed by atoms with van der Waals surface area (Å²) in [6.45, 7) is 5.98. The van der Waals surface area contributed by atoms with Gasteiger partial charge in [0, 0.05) is 43.6 Å². The highest BCUT2D eigenvalue weighted by atomic mass is 16.4. The number of aliphatic carboxylic acids is 1. The fraction of sp³-hybridized carbons (Fsp3) is 0.533. The van der Waals surface area contributed by atoms with Gasteiger partial charge in [-0.15, -0.1) is 0 Å². The first kappa shape index (κ1) is 14.7. The summed E-state index contributed by atoms with van der Waals surface area (Å²) in [5.74, 6) is -0.755. The van der Waals surface area contributed by atoms with Crippen LogP contribution in [0.5, 0.6) is 0 Å². The highest BCUT2D eigenvalue weighted by Crippen LogP contribution is 2.26. The van der Waals surface area contributed by atoms with Gasteiger partial charge in [0.05, 0.1) is 6.54 Å². The van der Waals surface area contributed by atoms with Crippen molar-refractivity contribution in [2.75, 3.05) is 36.9 Å². The fourth-order valence-electron chi connectivity index (χ4n) is 3.08. The van der Waals surface area contributed by atoms with Gasteiger partial charge in [0.2, 0.25) is 0 Å². The molecule has 0 aliphatic carbocycles. The third-order valence-electron chi connectivity index (χ3n) is 3.79. The molecule has 2 N–H and O–H groups in total. The summed E-state index contributed by atoms with van der Waals surface area (Å²) in [6.07, 6.45) is 0. The lowest BCUT2D eigenvalue weighted by Crippen LogP contribution is -2.57. The Hall–Kier alpha value is -1.75. The number of carboxylic acids is 1. The maximum absolute atomic E-state index is 10.9. The highest BCUT2D eigenvalue weighted by Gasteiger charge is 2.30. The van der Waals surface area contributed by atoms with Gasteiger partial charge in [-0.1, -0.05) is 6.07 Å². The second-order valence-corrected chi connectivity index (χ2v) is 5.49. The molecular formula is C15H23N3O2. The smallest absolute Gasteiger partial charge is 0.317 e. The topological polar surface area (TPSA) is 55.8 Å². The van der Waals surface area contributed by atoms with E-state index in [0.29, 0.717) is 12.1 Å². The van der Waals surface area contributed by atoms with Crippen LogP contribution in [0, 0.1) is 0 Å². The van der Waals surface area contributed by atoms with Crippen molar-refractivity contribution in [2.45, 2.75) is 25.9 Å². The monoisotopic (exact) mass is 277 g/mol. The van der Waals surface area contributed by atoms with Crippen LogP contribution in [0.25, 0.3) is 0 Å². The molecule has 2 unspecified atom stereocenters. The van der Waals surface area contributed by atoms with Crippen LogP contribution < -0.4 is 10.2 Å². The van der Waals surface area contributed by atoms with E-state index in [9.17, 15) is 4.79 Å². The van der Waals surface area contributed by atoms with Crippen molar-refractivity contribution in [2.24, 2.45) is 0 Å². The van der Waals surface area contributed by atoms with Gasteiger partial charge in [0.1, 0.15) is 0 Å². The SMILES string of the molecule is CNc1cccc(N2C(C)CN(CC(=O)O)CC2C)c1. The average molecular weight is 277 g/mol. The molecule has 1 aromatic rings. The zero-order chi connectivity index (χ0) is 14.7. The van der Waals surface area contributed by atoms with E-state index in [2.05, 4.69) is 36.2 Å². The van der Waals surface area contributed by atoms with Gasteiger partial charge in [-0.3, -0.25) is 9.69 Å². The standard InChI is InChI=1S/C15H23N3O2/c1-11-8-17(10-15(19)20)9-12(2)18(11)14-6-4-5-13(7-14)16-3/h4-7,11-12,16H,8-10H2,1-3H3,(H,19,20). The molecule has 1 aromatic carbocycles. The number of rotatable bonds is 4. The quantitative estimate of drug-likeness (QED) is 0.877. The molecule has 2 rings (SSSR count). The van der Waals surface area contributed by atoms with Crippen molar-refractivity contribution in [3.05, 3.63) is 24.3 Å². The van der Waals surface area contributed by atoms with E-state index >= 15 is 0 Å². The number of carbonyl (C=O) groups is 1. The summed E-state index contributed by atoms with van der Waals surface area (Å²) < 4.78 is 0. The van der Waals surface area contributed by atoms with Gasteiger partial charge in [0.25, 0.3) is 0 Å². The van der Waals surface area contributed by atoms with Crippen LogP contribution in [0.1, 0.15) is 13.8 Å². The van der Waals surface area contributed by atoms with Gasteiger partial charge >= 0.3 is 5.97 Å². The van der Waals surface area contributed by atoms with Crippen molar-refractivity contribution in [3.8, 4) is 0 Å². The molecule has 1 aliphatic rings. The second-order valence-electron chi connectivity index (χ2n) is 5.49. The molecule has 0 saturated carbocycles. The number of carboxylic acid groups (broad SMARTS) is 1. The van der Waals surface area contributed by atoms with E-state index in [4.69, 9.17) is 5.11 Å². The molecule has 0 spiro atoms. The van der Waals surface area contributed by atoms with E-state index in [1.54, 1.807) is 0 Å². The fourth-order valence-corrected chi connectivity index (χ4v) is 3.08. The third kappa shape index (κ3) is 3.22. The maximum atomic E-state index is 10.9. The molecular weight excluding hydrogens is 254 g/mol. The maximum Gasteiger partial charge on any atom is 0.317 e. The number of hydrogen-bond donors (Lipinski definition) is 2. The predicted octanol–water partition coefficient (Wildman–Crippen LogP) is 1.71. The Bertz CT molecular complexity index is 466. The van der Waals surface area contributed by atoms with Gasteiger partial charge in [-0.25, -0.2) is 0 Å². The number of benzene rings is 1. The number of nitrogens with one attached hydrogen (secondary N) is 1. The Morgan fingerprint density at radius 3 is 2.55 bits per heavy atom. The zero-order valence-electron chi connectivity index (χ0n) is 12.3. The number of anilines is 2. The van der Waals surface area contributed by atoms with Crippen LogP contribution in [0.4, 0.5) is 11.4 Å². The molecule has 5 nitrogen and oxygen atoms in total. The molecule has 1 aliphatic heterocycles. The van der Waals surface area contributed by atoms with Crippen molar-refractivity contribution in [1.29, 1.82) is 0 Å². The van der Waals surface area contributed by atoms with Gasteiger partial charge < -0.3 is 15.3 Å². The molecule has 1 saturated heterocycles. The Morgan fingerprint density at radius 1 is 1.35 bits per heavy atom. The van der Waals surface area contributed by atoms with Crippen molar-refractivity contribution >= 4 is 17.3 Å². The summed E-state index contributed by atoms with van der Waals surface area (Å²) in [6, 6.07) is 8.93. The minimum atomic E-state index is -0.755. The molecule has 0 radical (unpaired) electrons. The van der Waals surface area contributed by atoms with E-state index in [-0.39, 0.29) is 6.54 Å². The zero-order valence-corrected chi connectivity index (χ0v) is 12.3. The molecule has 0 bridgehead atoms. The van der Waals surface area contributed by atoms with Crippen LogP contribution in [0.3, 0.4) is 0 Å². The van der Waals surface area contributed by atoms with Crippen LogP contribution in [0.15, 0.2) is 24.3 Å². The van der Waals surface area contributed by atoms with Crippen LogP contribution in [-0.4, -0.2) is 54.7 Å². The Kier molecular flexibility index (Phi) is 4.49. The number of hydrogen-bond acceptors (Lipinski definition) is 4. The summed E-state index contributed by atoms with van der Waals surface area (Å²) in [5.41, 5.74) is 2.28. The molecule has 0 amide bonds. The van der Waals surface area contributed by atoms with Crippen LogP contribution in [0.2, 0.25) is 0 Å². The Morgan fingerprint density at radius 2 is 2.00 bits per heavy atom. The summed E-state index contributed by atoms with van der Waals surface area (Å²) in [5, 5.41) is 12.1. The minimum Gasteiger partial charge on any atom is -0.480 e. The molecule has 0 aromatic heterocycles. The molecule has 110 valence electrons. The van der Waals surface area contributed by atoms with E-state index in [1.807, 2.05) is 24.1 Å². The van der Waals surface area contributed by atoms with E-state index in [0.717, 1.165) is 18.8 Å². The first-order valence-electron chi connectivity index (χ1n) is 7.01. The number of nitrogens with zero attached hydrogens (tertiary/aromatic N) is 2. The molecule has 5 heteroatoms. The lowest BCUT2D eigenvalue weighted by molar-refractivity contribution is -0.138. The van der Waals surface area contributed by atoms with E-state index in [1.165, 1.54) is 5.69 Å². The highest BCUT2D eigenvalue weighted by molar-refractivity contribution is 5.69. The molecule has 2 atom stereocenters. The second kappa shape index (κ2) is 6.13. The Labute approximate surface area is 120 Å². The summed E-state index contributed by atoms with van der Waals surface area (Å²) in [4.78, 5) is 15.2. The number of piperazine rings is 1. The summed E-state index contributed by atoms with van der Waals surface area (Å²) in [7, 11) is 1.91. The van der Waals surface area contributed by atoms with E-state index < -0.39 is 5.97 Å². The first-order chi connectivity index (χ1) is 9.51. The van der Waals surface area contributed by atoms with Gasteiger partial charge in [-0.05, 0) is 32.0 Å². The largest absolute Gasteiger partial charge is 0.480 e. The first-order valence-corrected chi connectivity index (χ1v) is 7.01. The lowest BCUT2D eigenvalue weighted by Gasteiger charge is -2.45. The van der Waals surface area contributed by atoms with Crippen molar-refractivity contribution in [3.63, 3.8) is 0 Å². The minimum absolute atomic E-state index is 0.124. The van der Waals surface area contributed by atoms with Gasteiger partial charge in [0.15, 0.2) is 0 Å². The van der Waals surface area contributed by atoms with Gasteiger partial charge in [-0.2, -0.15) is 0 Å². The third-order valence-corrected chi connectivity index (χ3v) is 3.79.